The Morgan fingerprint density at radius 1 is 0.496 bits per heavy atom. The number of amides is 16. The maximum Gasteiger partial charge on any atom is 0.246 e. The maximum atomic E-state index is 16.0. The molecule has 3 aliphatic heterocycles. The number of halogens is 3. The van der Waals surface area contributed by atoms with Crippen molar-refractivity contribution < 1.29 is 105 Å². The monoisotopic (exact) mass is 1940 g/mol. The van der Waals surface area contributed by atoms with Crippen LogP contribution in [0.2, 0.25) is 0 Å². The minimum Gasteiger partial charge on any atom is -0.508 e. The molecule has 0 spiro atoms. The van der Waals surface area contributed by atoms with Crippen molar-refractivity contribution in [3.8, 4) is 11.5 Å². The van der Waals surface area contributed by atoms with Crippen LogP contribution < -0.4 is 65.1 Å². The second kappa shape index (κ2) is 50.9. The zero-order chi connectivity index (χ0) is 101. The number of likely N-dealkylation sites (N-methyl/N-ethyl adjacent to an activating group) is 3. The fourth-order valence-corrected chi connectivity index (χ4v) is 18.1. The lowest BCUT2D eigenvalue weighted by molar-refractivity contribution is -0.152. The smallest absolute Gasteiger partial charge is 0.246 e. The van der Waals surface area contributed by atoms with Crippen molar-refractivity contribution in [2.75, 3.05) is 58.8 Å². The van der Waals surface area contributed by atoms with Crippen LogP contribution in [0.4, 0.5) is 13.2 Å². The number of nitrogens with zero attached hydrogens (tertiary/aromatic N) is 5. The number of benzene rings is 6. The van der Waals surface area contributed by atoms with Gasteiger partial charge in [-0.3, -0.25) is 76.7 Å². The number of piperidine rings is 1. The molecular weight excluding hydrogens is 1820 g/mol. The van der Waals surface area contributed by atoms with Gasteiger partial charge in [0.1, 0.15) is 90.0 Å². The van der Waals surface area contributed by atoms with Gasteiger partial charge in [-0.25, -0.2) is 13.2 Å². The average molecular weight is 1950 g/mol. The van der Waals surface area contributed by atoms with Crippen LogP contribution in [0.15, 0.2) is 152 Å². The van der Waals surface area contributed by atoms with E-state index >= 15 is 66.3 Å². The number of fused-ring (bicyclic) bond motifs is 3. The Morgan fingerprint density at radius 3 is 1.62 bits per heavy atom. The molecule has 0 radical (unpaired) electrons. The SMILES string of the molecule is CCCC[C@H]1C(=O)N2C[C@H](O)C[C@@H]2C(=O)N[C@@H](CC(N)=O)C(=O)N[C@@H](C(C)C)C(=O)N(C)C(Cc2ccccc2)C(=O)N[C@@H](Cc2ccc(O)cc2)C(=O)N2CCCC[C@@H]2C(=O)N[C@@H](Cc2c[nH]c3ccccc23)C(=O)N[C@@H](Cc2ccc(O)cc2)C(=O)N[C@@H](CCCCN)C(=O)N[C@H](C(=O)NCC(N)=O)CSCC(=O)N[C@@H](Cc2cc(F)c(F)c(F)c2)C(=O)N(C)[C@@H](Cc2ccccc2)C(=O)N1C. The summed E-state index contributed by atoms with van der Waals surface area (Å²) in [5.74, 6) is -23.6. The first-order valence-corrected chi connectivity index (χ1v) is 47.4. The molecule has 37 nitrogen and oxygen atoms in total. The summed E-state index contributed by atoms with van der Waals surface area (Å²) in [5, 5.41) is 56.9. The third-order valence-corrected chi connectivity index (χ3v) is 26.0. The molecule has 16 amide bonds. The lowest BCUT2D eigenvalue weighted by Crippen LogP contribution is -2.63. The van der Waals surface area contributed by atoms with Crippen molar-refractivity contribution >= 4 is 117 Å². The largest absolute Gasteiger partial charge is 0.508 e. The fraction of sp³-hybridized carbons (Fsp3) is 0.449. The number of aliphatic hydroxyl groups excluding tert-OH is 1. The molecule has 6 aromatic carbocycles. The van der Waals surface area contributed by atoms with E-state index in [-0.39, 0.29) is 101 Å². The molecule has 14 atom stereocenters. The number of nitrogens with one attached hydrogen (secondary N) is 10. The summed E-state index contributed by atoms with van der Waals surface area (Å²) in [4.78, 5) is 249. The Kier molecular flexibility index (Phi) is 39.2. The first-order valence-electron chi connectivity index (χ1n) is 46.3. The number of hydrogen-bond acceptors (Lipinski definition) is 21. The van der Waals surface area contributed by atoms with E-state index in [0.29, 0.717) is 81.9 Å². The molecule has 0 saturated carbocycles. The van der Waals surface area contributed by atoms with Gasteiger partial charge in [0.15, 0.2) is 17.5 Å². The number of phenolic OH excluding ortho intramolecular Hbond substituents is 2. The molecule has 10 rings (SSSR count). The Morgan fingerprint density at radius 2 is 1.01 bits per heavy atom. The van der Waals surface area contributed by atoms with E-state index in [4.69, 9.17) is 17.2 Å². The topological polar surface area (TPSA) is 552 Å². The molecule has 0 bridgehead atoms. The number of phenols is 2. The number of H-pyrrole nitrogens is 1. The number of rotatable bonds is 25. The first-order chi connectivity index (χ1) is 66.3. The van der Waals surface area contributed by atoms with Crippen LogP contribution >= 0.6 is 11.8 Å². The quantitative estimate of drug-likeness (QED) is 0.0286. The van der Waals surface area contributed by atoms with E-state index in [2.05, 4.69) is 52.8 Å². The van der Waals surface area contributed by atoms with E-state index in [0.717, 1.165) is 19.6 Å². The van der Waals surface area contributed by atoms with Crippen molar-refractivity contribution in [2.24, 2.45) is 23.1 Å². The second-order valence-electron chi connectivity index (χ2n) is 35.6. The third-order valence-electron chi connectivity index (χ3n) is 24.9. The molecular formula is C98H123F3N18O19S. The fourth-order valence-electron chi connectivity index (χ4n) is 17.3. The van der Waals surface area contributed by atoms with Gasteiger partial charge in [0.25, 0.3) is 0 Å². The normalized spacial score (nSPS) is 23.7. The number of aromatic amines is 1. The van der Waals surface area contributed by atoms with E-state index in [1.54, 1.807) is 112 Å². The number of para-hydroxylation sites is 1. The molecule has 1 aromatic heterocycles. The number of unbranched alkanes of at least 4 members (excludes halogenated alkanes) is 2. The lowest BCUT2D eigenvalue weighted by Gasteiger charge is -2.38. The first kappa shape index (κ1) is 107. The maximum absolute atomic E-state index is 16.0. The molecule has 4 heterocycles. The van der Waals surface area contributed by atoms with Gasteiger partial charge in [-0.15, -0.1) is 11.8 Å². The van der Waals surface area contributed by atoms with E-state index in [1.165, 1.54) is 74.6 Å². The highest BCUT2D eigenvalue weighted by atomic mass is 32.2. The van der Waals surface area contributed by atoms with Crippen molar-refractivity contribution in [3.63, 3.8) is 0 Å². The van der Waals surface area contributed by atoms with Gasteiger partial charge < -0.3 is 110 Å². The standard InChI is InChI=1S/C98H123F3N18O19S/c1-7-8-28-77-97(137)119-52-64(122)48-79(119)93(133)111-72(49-81(103)123)90(130)114-85(55(2)3)98(138)116(5)78(45-56-21-11-9-12-22-56)92(132)112-74(43-59-32-36-63(121)37-33-59)95(135)118-39-20-18-29-76(118)91(131)110-71(47-61-50-105-68-26-16-15-25-65(61)68)89(129)109-70(42-58-30-34-62(120)35-31-58)88(128)108-69(27-17-19-38-102)87(127)113-75(86(126)106-51-82(104)124)53-139-54-83(125)107-73(44-60-40-66(99)84(101)67(100)41-60)94(134)117(6)80(96(136)115(77)4)46-57-23-13-10-14-24-57/h9-16,21-26,30-37,40-41,50,55,64,69-80,85,105,120-122H,7-8,17-20,27-29,38-39,42-49,51-54,102H2,1-6H3,(H2,103,123)(H2,104,124)(H,106,126)(H,107,125)(H,108,128)(H,109,129)(H,110,131)(H,111,133)(H,112,132)(H,113,127)(H,114,130)/t64-,69+,70+,71+,72+,73+,74+,75+,76-,77+,78?,79-,80+,85+/m1/s1. The Labute approximate surface area is 806 Å². The summed E-state index contributed by atoms with van der Waals surface area (Å²) >= 11 is 0.659. The van der Waals surface area contributed by atoms with Crippen LogP contribution in [-0.2, 0) is 115 Å². The highest BCUT2D eigenvalue weighted by Crippen LogP contribution is 2.29. The molecule has 139 heavy (non-hydrogen) atoms. The summed E-state index contributed by atoms with van der Waals surface area (Å²) in [6.45, 7) is 3.58. The second-order valence-corrected chi connectivity index (χ2v) is 36.6. The molecule has 7 aromatic rings. The van der Waals surface area contributed by atoms with Gasteiger partial charge in [-0.1, -0.05) is 137 Å². The summed E-state index contributed by atoms with van der Waals surface area (Å²) in [6, 6.07) is 14.7. The summed E-state index contributed by atoms with van der Waals surface area (Å²) < 4.78 is 45.2. The number of aliphatic hydroxyl groups is 1. The number of nitrogens with two attached hydrogens (primary N) is 3. The zero-order valence-corrected chi connectivity index (χ0v) is 79.1. The number of aromatic nitrogens is 1. The summed E-state index contributed by atoms with van der Waals surface area (Å²) in [6.07, 6.45) is -2.04. The average Bonchev–Trinajstić information content (AvgIpc) is 1.58. The van der Waals surface area contributed by atoms with Gasteiger partial charge in [0.2, 0.25) is 94.5 Å². The van der Waals surface area contributed by atoms with Crippen molar-refractivity contribution in [1.82, 2.24) is 77.3 Å². The third kappa shape index (κ3) is 29.8. The zero-order valence-electron chi connectivity index (χ0n) is 78.2. The van der Waals surface area contributed by atoms with E-state index < -0.39 is 246 Å². The van der Waals surface area contributed by atoms with Crippen molar-refractivity contribution in [3.05, 3.63) is 203 Å². The van der Waals surface area contributed by atoms with Gasteiger partial charge >= 0.3 is 0 Å². The van der Waals surface area contributed by atoms with Gasteiger partial charge in [0.05, 0.1) is 24.8 Å². The van der Waals surface area contributed by atoms with Crippen LogP contribution in [0, 0.1) is 23.4 Å². The number of aromatic hydroxyl groups is 2. The summed E-state index contributed by atoms with van der Waals surface area (Å²) in [5.41, 5.74) is 19.7. The molecule has 746 valence electrons. The van der Waals surface area contributed by atoms with E-state index in [9.17, 15) is 38.9 Å². The highest BCUT2D eigenvalue weighted by Gasteiger charge is 2.48. The minimum atomic E-state index is -1.92. The molecule has 1 unspecified atom stereocenters. The van der Waals surface area contributed by atoms with Crippen molar-refractivity contribution in [1.29, 1.82) is 0 Å². The number of hydrogen-bond donors (Lipinski definition) is 16. The number of thioether (sulfide) groups is 1. The Balaban J connectivity index is 1.07. The van der Waals surface area contributed by atoms with Crippen LogP contribution in [-0.4, -0.2) is 283 Å². The highest BCUT2D eigenvalue weighted by molar-refractivity contribution is 8.00. The van der Waals surface area contributed by atoms with Crippen LogP contribution in [0.25, 0.3) is 10.9 Å². The molecule has 41 heteroatoms. The number of primary amides is 2. The van der Waals surface area contributed by atoms with Crippen LogP contribution in [0.5, 0.6) is 11.5 Å². The molecule has 3 fully saturated rings. The molecule has 3 saturated heterocycles. The van der Waals surface area contributed by atoms with Crippen LogP contribution in [0.1, 0.15) is 125 Å². The predicted octanol–water partition coefficient (Wildman–Crippen LogP) is 1.65. The lowest BCUT2D eigenvalue weighted by atomic mass is 9.96. The minimum absolute atomic E-state index is 0.00603. The Hall–Kier alpha value is -14.0. The van der Waals surface area contributed by atoms with Gasteiger partial charge in [-0.2, -0.15) is 0 Å². The van der Waals surface area contributed by atoms with Crippen LogP contribution in [0.3, 0.4) is 0 Å². The van der Waals surface area contributed by atoms with Crippen molar-refractivity contribution in [2.45, 2.75) is 215 Å². The number of carbonyl (C=O) groups is 16. The number of carbonyl (C=O) groups excluding carboxylic acids is 16. The summed E-state index contributed by atoms with van der Waals surface area (Å²) in [7, 11) is 3.71. The molecule has 19 N–H and O–H groups in total. The Bertz CT molecular complexity index is 5510. The van der Waals surface area contributed by atoms with E-state index in [1.807, 2.05) is 0 Å². The predicted molar refractivity (Wildman–Crippen MR) is 507 cm³/mol. The van der Waals surface area contributed by atoms with Gasteiger partial charge in [0, 0.05) is 102 Å². The molecule has 3 aliphatic rings. The van der Waals surface area contributed by atoms with Gasteiger partial charge in [-0.05, 0) is 133 Å². The molecule has 0 aliphatic carbocycles.